The van der Waals surface area contributed by atoms with Gasteiger partial charge in [-0.1, -0.05) is 6.07 Å². The molecule has 0 spiro atoms. The molecule has 6 nitrogen and oxygen atoms in total. The van der Waals surface area contributed by atoms with E-state index in [2.05, 4.69) is 50.0 Å². The third kappa shape index (κ3) is 3.34. The fourth-order valence-corrected chi connectivity index (χ4v) is 4.22. The Morgan fingerprint density at radius 1 is 1.18 bits per heavy atom. The third-order valence-electron chi connectivity index (χ3n) is 5.17. The van der Waals surface area contributed by atoms with Crippen LogP contribution in [0.25, 0.3) is 10.2 Å². The number of ether oxygens (including phenoxy) is 1. The Bertz CT molecular complexity index is 1110. The zero-order valence-corrected chi connectivity index (χ0v) is 16.3. The van der Waals surface area contributed by atoms with Crippen molar-refractivity contribution < 1.29 is 4.74 Å². The van der Waals surface area contributed by atoms with Crippen molar-refractivity contribution in [2.24, 2.45) is 0 Å². The number of pyridine rings is 1. The van der Waals surface area contributed by atoms with E-state index in [0.29, 0.717) is 17.8 Å². The molecule has 4 heterocycles. The van der Waals surface area contributed by atoms with Gasteiger partial charge in [-0.25, -0.2) is 9.97 Å². The number of benzene rings is 1. The molecule has 3 aromatic heterocycles. The Labute approximate surface area is 166 Å². The van der Waals surface area contributed by atoms with Gasteiger partial charge in [0.1, 0.15) is 5.75 Å². The summed E-state index contributed by atoms with van der Waals surface area (Å²) in [5.41, 5.74) is 6.49. The molecule has 0 aliphatic carbocycles. The summed E-state index contributed by atoms with van der Waals surface area (Å²) in [6.45, 7) is 4.03. The number of hydrogen-bond acceptors (Lipinski definition) is 7. The summed E-state index contributed by atoms with van der Waals surface area (Å²) in [4.78, 5) is 20.0. The molecule has 4 aromatic rings. The van der Waals surface area contributed by atoms with E-state index in [1.807, 2.05) is 23.8 Å². The summed E-state index contributed by atoms with van der Waals surface area (Å²) in [5, 5.41) is 0. The second-order valence-corrected chi connectivity index (χ2v) is 7.78. The molecule has 0 radical (unpaired) electrons. The minimum Gasteiger partial charge on any atom is -0.423 e. The molecule has 28 heavy (non-hydrogen) atoms. The van der Waals surface area contributed by atoms with Crippen LogP contribution >= 0.6 is 11.3 Å². The highest BCUT2D eigenvalue weighted by molar-refractivity contribution is 7.16. The van der Waals surface area contributed by atoms with Crippen molar-refractivity contribution in [1.82, 2.24) is 24.8 Å². The van der Waals surface area contributed by atoms with Gasteiger partial charge in [0, 0.05) is 43.5 Å². The minimum absolute atomic E-state index is 0.311. The lowest BCUT2D eigenvalue weighted by Crippen LogP contribution is -2.33. The van der Waals surface area contributed by atoms with Crippen LogP contribution in [0.5, 0.6) is 11.8 Å². The van der Waals surface area contributed by atoms with Gasteiger partial charge in [-0.3, -0.25) is 9.88 Å². The largest absolute Gasteiger partial charge is 0.423 e. The second kappa shape index (κ2) is 7.26. The van der Waals surface area contributed by atoms with Crippen LogP contribution in [0.2, 0.25) is 0 Å². The summed E-state index contributed by atoms with van der Waals surface area (Å²) < 4.78 is 6.95. The van der Waals surface area contributed by atoms with Gasteiger partial charge < -0.3 is 4.74 Å². The highest BCUT2D eigenvalue weighted by Gasteiger charge is 2.24. The predicted octanol–water partition coefficient (Wildman–Crippen LogP) is 4.39. The number of fused-ring (bicyclic) bond motifs is 2. The summed E-state index contributed by atoms with van der Waals surface area (Å²) in [6.07, 6.45) is 6.13. The van der Waals surface area contributed by atoms with Crippen LogP contribution in [-0.2, 0) is 13.0 Å². The maximum Gasteiger partial charge on any atom is 0.322 e. The van der Waals surface area contributed by atoms with Gasteiger partial charge in [-0.2, -0.15) is 4.98 Å². The van der Waals surface area contributed by atoms with E-state index in [1.165, 1.54) is 10.3 Å². The first-order valence-corrected chi connectivity index (χ1v) is 10.1. The van der Waals surface area contributed by atoms with Crippen LogP contribution in [0.15, 0.2) is 54.4 Å². The normalized spacial score (nSPS) is 15.3. The number of aromatic nitrogens is 4. The molecule has 1 atom stereocenters. The van der Waals surface area contributed by atoms with E-state index in [4.69, 9.17) is 4.74 Å². The zero-order chi connectivity index (χ0) is 18.9. The van der Waals surface area contributed by atoms with Gasteiger partial charge in [0.2, 0.25) is 0 Å². The minimum atomic E-state index is 0.311. The van der Waals surface area contributed by atoms with Crippen LogP contribution in [0.1, 0.15) is 29.8 Å². The second-order valence-electron chi connectivity index (χ2n) is 6.89. The van der Waals surface area contributed by atoms with Gasteiger partial charge in [-0.05, 0) is 36.8 Å². The average Bonchev–Trinajstić information content (AvgIpc) is 3.21. The Morgan fingerprint density at radius 3 is 3.04 bits per heavy atom. The lowest BCUT2D eigenvalue weighted by molar-refractivity contribution is 0.189. The van der Waals surface area contributed by atoms with E-state index in [9.17, 15) is 0 Å². The first-order valence-electron chi connectivity index (χ1n) is 9.26. The molecule has 0 saturated heterocycles. The number of rotatable bonds is 4. The van der Waals surface area contributed by atoms with Crippen molar-refractivity contribution in [3.05, 3.63) is 71.3 Å². The molecule has 1 unspecified atom stereocenters. The predicted molar refractivity (Wildman–Crippen MR) is 108 cm³/mol. The Morgan fingerprint density at radius 2 is 2.14 bits per heavy atom. The Kier molecular flexibility index (Phi) is 4.46. The maximum atomic E-state index is 5.72. The summed E-state index contributed by atoms with van der Waals surface area (Å²) in [5.74, 6) is 0.644. The van der Waals surface area contributed by atoms with E-state index in [0.717, 1.165) is 36.3 Å². The highest BCUT2D eigenvalue weighted by atomic mass is 32.1. The molecule has 7 heteroatoms. The number of hydrogen-bond donors (Lipinski definition) is 0. The molecule has 1 aliphatic rings. The molecule has 0 fully saturated rings. The lowest BCUT2D eigenvalue weighted by Gasteiger charge is -2.33. The van der Waals surface area contributed by atoms with Crippen molar-refractivity contribution in [2.45, 2.75) is 25.9 Å². The zero-order valence-electron chi connectivity index (χ0n) is 15.4. The SMILES string of the molecule is CC(c1ccc2scnc2c1)N1CCc2nc(Oc3cccnc3)ncc2C1. The molecular weight excluding hydrogens is 370 g/mol. The Balaban J connectivity index is 1.33. The van der Waals surface area contributed by atoms with Crippen molar-refractivity contribution in [3.8, 4) is 11.8 Å². The van der Waals surface area contributed by atoms with Gasteiger partial charge in [0.05, 0.1) is 27.6 Å². The van der Waals surface area contributed by atoms with Gasteiger partial charge in [0.25, 0.3) is 0 Å². The highest BCUT2D eigenvalue weighted by Crippen LogP contribution is 2.30. The van der Waals surface area contributed by atoms with Crippen LogP contribution < -0.4 is 4.74 Å². The monoisotopic (exact) mass is 389 g/mol. The topological polar surface area (TPSA) is 64.0 Å². The first kappa shape index (κ1) is 17.2. The fraction of sp³-hybridized carbons (Fsp3) is 0.238. The van der Waals surface area contributed by atoms with Gasteiger partial charge in [-0.15, -0.1) is 11.3 Å². The summed E-state index contributed by atoms with van der Waals surface area (Å²) in [6, 6.07) is 10.9. The molecule has 140 valence electrons. The standard InChI is InChI=1S/C21H19N5OS/c1-14(15-4-5-20-19(9-15)24-13-28-20)26-8-6-18-16(12-26)10-23-21(25-18)27-17-3-2-7-22-11-17/h2-5,7,9-11,13-14H,6,8,12H2,1H3. The van der Waals surface area contributed by atoms with Crippen molar-refractivity contribution >= 4 is 21.6 Å². The molecule has 0 N–H and O–H groups in total. The maximum absolute atomic E-state index is 5.72. The average molecular weight is 389 g/mol. The van der Waals surface area contributed by atoms with E-state index >= 15 is 0 Å². The quantitative estimate of drug-likeness (QED) is 0.516. The van der Waals surface area contributed by atoms with Crippen LogP contribution in [0.3, 0.4) is 0 Å². The first-order chi connectivity index (χ1) is 13.8. The third-order valence-corrected chi connectivity index (χ3v) is 5.98. The van der Waals surface area contributed by atoms with Crippen LogP contribution in [0, 0.1) is 0 Å². The molecule has 0 bridgehead atoms. The van der Waals surface area contributed by atoms with Crippen LogP contribution in [-0.4, -0.2) is 31.4 Å². The lowest BCUT2D eigenvalue weighted by atomic mass is 10.0. The smallest absolute Gasteiger partial charge is 0.322 e. The van der Waals surface area contributed by atoms with E-state index < -0.39 is 0 Å². The molecule has 1 aliphatic heterocycles. The molecule has 0 amide bonds. The molecule has 0 saturated carbocycles. The van der Waals surface area contributed by atoms with Gasteiger partial charge in [0.15, 0.2) is 0 Å². The number of nitrogens with zero attached hydrogens (tertiary/aromatic N) is 5. The van der Waals surface area contributed by atoms with Crippen LogP contribution in [0.4, 0.5) is 0 Å². The van der Waals surface area contributed by atoms with Crippen molar-refractivity contribution in [2.75, 3.05) is 6.54 Å². The summed E-state index contributed by atoms with van der Waals surface area (Å²) in [7, 11) is 0. The van der Waals surface area contributed by atoms with E-state index in [-0.39, 0.29) is 0 Å². The van der Waals surface area contributed by atoms with E-state index in [1.54, 1.807) is 23.7 Å². The van der Waals surface area contributed by atoms with Crippen molar-refractivity contribution in [1.29, 1.82) is 0 Å². The molecule has 5 rings (SSSR count). The number of thiazole rings is 1. The summed E-state index contributed by atoms with van der Waals surface area (Å²) >= 11 is 1.68. The molecule has 1 aromatic carbocycles. The van der Waals surface area contributed by atoms with Crippen molar-refractivity contribution in [3.63, 3.8) is 0 Å². The van der Waals surface area contributed by atoms with Gasteiger partial charge >= 0.3 is 6.01 Å². The molecular formula is C21H19N5OS. The fourth-order valence-electron chi connectivity index (χ4n) is 3.56. The Hall–Kier alpha value is -2.90.